The molecule has 2 N–H and O–H groups in total. The Bertz CT molecular complexity index is 851. The van der Waals surface area contributed by atoms with Crippen LogP contribution in [0.3, 0.4) is 0 Å². The molecule has 0 bridgehead atoms. The van der Waals surface area contributed by atoms with Gasteiger partial charge in [0.25, 0.3) is 5.91 Å². The highest BCUT2D eigenvalue weighted by Crippen LogP contribution is 2.30. The van der Waals surface area contributed by atoms with Gasteiger partial charge < -0.3 is 24.8 Å². The number of para-hydroxylation sites is 2. The monoisotopic (exact) mass is 398 g/mol. The van der Waals surface area contributed by atoms with Gasteiger partial charge in [-0.1, -0.05) is 38.1 Å². The Labute approximate surface area is 170 Å². The first-order valence-corrected chi connectivity index (χ1v) is 9.57. The van der Waals surface area contributed by atoms with Gasteiger partial charge in [-0.15, -0.1) is 0 Å². The lowest BCUT2D eigenvalue weighted by molar-refractivity contribution is -0.135. The second-order valence-electron chi connectivity index (χ2n) is 7.16. The maximum absolute atomic E-state index is 12.7. The Kier molecular flexibility index (Phi) is 6.59. The quantitative estimate of drug-likeness (QED) is 0.747. The SMILES string of the molecule is COc1ccc(CNC(=O)[C@H](NC(=O)[C@@H]2COc3ccccc3O2)C(C)C)cc1. The zero-order chi connectivity index (χ0) is 20.8. The first kappa shape index (κ1) is 20.5. The topological polar surface area (TPSA) is 85.9 Å². The molecule has 1 heterocycles. The molecule has 7 heteroatoms. The molecule has 0 saturated carbocycles. The molecule has 3 rings (SSSR count). The Balaban J connectivity index is 1.57. The van der Waals surface area contributed by atoms with Gasteiger partial charge in [0.1, 0.15) is 18.4 Å². The lowest BCUT2D eigenvalue weighted by atomic mass is 10.0. The molecule has 29 heavy (non-hydrogen) atoms. The van der Waals surface area contributed by atoms with Crippen LogP contribution in [0.1, 0.15) is 19.4 Å². The summed E-state index contributed by atoms with van der Waals surface area (Å²) in [5, 5.41) is 5.67. The number of carbonyl (C=O) groups excluding carboxylic acids is 2. The first-order valence-electron chi connectivity index (χ1n) is 9.57. The van der Waals surface area contributed by atoms with Crippen LogP contribution in [0.2, 0.25) is 0 Å². The fourth-order valence-corrected chi connectivity index (χ4v) is 2.97. The number of ether oxygens (including phenoxy) is 3. The zero-order valence-electron chi connectivity index (χ0n) is 16.8. The van der Waals surface area contributed by atoms with Crippen molar-refractivity contribution in [1.82, 2.24) is 10.6 Å². The maximum Gasteiger partial charge on any atom is 0.265 e. The van der Waals surface area contributed by atoms with Crippen LogP contribution in [-0.2, 0) is 16.1 Å². The van der Waals surface area contributed by atoms with E-state index in [2.05, 4.69) is 10.6 Å². The normalized spacial score (nSPS) is 16.1. The maximum atomic E-state index is 12.7. The average molecular weight is 398 g/mol. The molecular formula is C22H26N2O5. The summed E-state index contributed by atoms with van der Waals surface area (Å²) in [5.41, 5.74) is 0.939. The summed E-state index contributed by atoms with van der Waals surface area (Å²) in [5.74, 6) is 1.16. The Morgan fingerprint density at radius 3 is 2.45 bits per heavy atom. The fraction of sp³-hybridized carbons (Fsp3) is 0.364. The van der Waals surface area contributed by atoms with E-state index in [0.717, 1.165) is 11.3 Å². The molecule has 0 aromatic heterocycles. The zero-order valence-corrected chi connectivity index (χ0v) is 16.8. The fourth-order valence-electron chi connectivity index (χ4n) is 2.97. The summed E-state index contributed by atoms with van der Waals surface area (Å²) in [7, 11) is 1.60. The van der Waals surface area contributed by atoms with Crippen LogP contribution in [0.25, 0.3) is 0 Å². The van der Waals surface area contributed by atoms with E-state index in [1.54, 1.807) is 19.2 Å². The van der Waals surface area contributed by atoms with Gasteiger partial charge in [0, 0.05) is 6.54 Å². The van der Waals surface area contributed by atoms with E-state index in [1.165, 1.54) is 0 Å². The number of benzene rings is 2. The van der Waals surface area contributed by atoms with Gasteiger partial charge in [-0.05, 0) is 35.7 Å². The number of carbonyl (C=O) groups is 2. The van der Waals surface area contributed by atoms with Gasteiger partial charge in [-0.3, -0.25) is 9.59 Å². The molecule has 154 valence electrons. The number of rotatable bonds is 7. The number of fused-ring (bicyclic) bond motifs is 1. The summed E-state index contributed by atoms with van der Waals surface area (Å²) >= 11 is 0. The van der Waals surface area contributed by atoms with Crippen LogP contribution < -0.4 is 24.8 Å². The third-order valence-corrected chi connectivity index (χ3v) is 4.67. The van der Waals surface area contributed by atoms with Gasteiger partial charge in [0.2, 0.25) is 12.0 Å². The standard InChI is InChI=1S/C22H26N2O5/c1-14(2)20(22(26)23-12-15-8-10-16(27-3)11-9-15)24-21(25)19-13-28-17-6-4-5-7-18(17)29-19/h4-11,14,19-20H,12-13H2,1-3H3,(H,23,26)(H,24,25)/t19-,20+/m0/s1. The van der Waals surface area contributed by atoms with E-state index in [-0.39, 0.29) is 24.3 Å². The first-order chi connectivity index (χ1) is 14.0. The van der Waals surface area contributed by atoms with E-state index in [0.29, 0.717) is 18.0 Å². The summed E-state index contributed by atoms with van der Waals surface area (Å²) in [6.45, 7) is 4.22. The molecule has 0 spiro atoms. The van der Waals surface area contributed by atoms with Crippen molar-refractivity contribution in [3.05, 3.63) is 54.1 Å². The van der Waals surface area contributed by atoms with Gasteiger partial charge in [0.05, 0.1) is 7.11 Å². The molecule has 2 amide bonds. The van der Waals surface area contributed by atoms with Crippen LogP contribution in [0.5, 0.6) is 17.2 Å². The minimum absolute atomic E-state index is 0.0911. The van der Waals surface area contributed by atoms with E-state index in [9.17, 15) is 9.59 Å². The number of nitrogens with one attached hydrogen (secondary N) is 2. The van der Waals surface area contributed by atoms with Crippen molar-refractivity contribution in [3.8, 4) is 17.2 Å². The number of hydrogen-bond donors (Lipinski definition) is 2. The van der Waals surface area contributed by atoms with Crippen LogP contribution in [0.15, 0.2) is 48.5 Å². The molecule has 2 aromatic carbocycles. The summed E-state index contributed by atoms with van der Waals surface area (Å²) < 4.78 is 16.4. The van der Waals surface area contributed by atoms with Crippen molar-refractivity contribution < 1.29 is 23.8 Å². The van der Waals surface area contributed by atoms with Gasteiger partial charge >= 0.3 is 0 Å². The third kappa shape index (κ3) is 5.19. The molecule has 0 unspecified atom stereocenters. The molecule has 0 fully saturated rings. The highest BCUT2D eigenvalue weighted by Gasteiger charge is 2.31. The number of methoxy groups -OCH3 is 1. The molecule has 0 saturated heterocycles. The van der Waals surface area contributed by atoms with E-state index >= 15 is 0 Å². The van der Waals surface area contributed by atoms with Gasteiger partial charge in [-0.25, -0.2) is 0 Å². The van der Waals surface area contributed by atoms with Crippen LogP contribution >= 0.6 is 0 Å². The van der Waals surface area contributed by atoms with Gasteiger partial charge in [-0.2, -0.15) is 0 Å². The van der Waals surface area contributed by atoms with Crippen molar-refractivity contribution in [2.45, 2.75) is 32.5 Å². The molecule has 2 aromatic rings. The van der Waals surface area contributed by atoms with E-state index in [4.69, 9.17) is 14.2 Å². The molecule has 0 radical (unpaired) electrons. The molecule has 1 aliphatic heterocycles. The highest BCUT2D eigenvalue weighted by atomic mass is 16.6. The Morgan fingerprint density at radius 1 is 1.10 bits per heavy atom. The predicted molar refractivity (Wildman–Crippen MR) is 108 cm³/mol. The van der Waals surface area contributed by atoms with Crippen molar-refractivity contribution in [3.63, 3.8) is 0 Å². The Morgan fingerprint density at radius 2 is 1.79 bits per heavy atom. The second-order valence-corrected chi connectivity index (χ2v) is 7.16. The minimum atomic E-state index is -0.805. The third-order valence-electron chi connectivity index (χ3n) is 4.67. The second kappa shape index (κ2) is 9.32. The van der Waals surface area contributed by atoms with E-state index in [1.807, 2.05) is 50.2 Å². The van der Waals surface area contributed by atoms with Crippen LogP contribution in [0.4, 0.5) is 0 Å². The average Bonchev–Trinajstić information content (AvgIpc) is 2.75. The van der Waals surface area contributed by atoms with Crippen LogP contribution in [0, 0.1) is 5.92 Å². The van der Waals surface area contributed by atoms with Crippen molar-refractivity contribution in [2.24, 2.45) is 5.92 Å². The van der Waals surface area contributed by atoms with Crippen molar-refractivity contribution in [2.75, 3.05) is 13.7 Å². The number of hydrogen-bond acceptors (Lipinski definition) is 5. The Hall–Kier alpha value is -3.22. The molecule has 2 atom stereocenters. The lowest BCUT2D eigenvalue weighted by Crippen LogP contribution is -2.54. The molecule has 7 nitrogen and oxygen atoms in total. The van der Waals surface area contributed by atoms with E-state index < -0.39 is 12.1 Å². The highest BCUT2D eigenvalue weighted by molar-refractivity contribution is 5.90. The summed E-state index contributed by atoms with van der Waals surface area (Å²) in [4.78, 5) is 25.3. The molecule has 0 aliphatic carbocycles. The lowest BCUT2D eigenvalue weighted by Gasteiger charge is -2.28. The van der Waals surface area contributed by atoms with Crippen molar-refractivity contribution >= 4 is 11.8 Å². The summed E-state index contributed by atoms with van der Waals surface area (Å²) in [6, 6.07) is 13.9. The smallest absolute Gasteiger partial charge is 0.265 e. The summed E-state index contributed by atoms with van der Waals surface area (Å²) in [6.07, 6.45) is -0.805. The minimum Gasteiger partial charge on any atom is -0.497 e. The van der Waals surface area contributed by atoms with Crippen molar-refractivity contribution in [1.29, 1.82) is 0 Å². The van der Waals surface area contributed by atoms with Crippen LogP contribution in [-0.4, -0.2) is 37.7 Å². The molecular weight excluding hydrogens is 372 g/mol. The van der Waals surface area contributed by atoms with Gasteiger partial charge in [0.15, 0.2) is 11.5 Å². The molecule has 1 aliphatic rings. The predicted octanol–water partition coefficient (Wildman–Crippen LogP) is 2.29. The number of amides is 2. The largest absolute Gasteiger partial charge is 0.497 e.